The lowest BCUT2D eigenvalue weighted by Gasteiger charge is -2.17. The molecule has 166 valence electrons. The van der Waals surface area contributed by atoms with Crippen molar-refractivity contribution in [2.24, 2.45) is 5.73 Å². The number of sulfonamides is 1. The highest BCUT2D eigenvalue weighted by molar-refractivity contribution is 7.93. The summed E-state index contributed by atoms with van der Waals surface area (Å²) in [5, 5.41) is 5.69. The first kappa shape index (κ1) is 23.1. The second-order valence-electron chi connectivity index (χ2n) is 7.13. The number of nitrogens with one attached hydrogen (secondary N) is 3. The molecule has 1 saturated carbocycles. The van der Waals surface area contributed by atoms with Crippen molar-refractivity contribution < 1.29 is 17.2 Å². The van der Waals surface area contributed by atoms with Crippen molar-refractivity contribution in [1.29, 1.82) is 0 Å². The van der Waals surface area contributed by atoms with Crippen molar-refractivity contribution in [3.8, 4) is 0 Å². The zero-order valence-electron chi connectivity index (χ0n) is 16.1. The van der Waals surface area contributed by atoms with E-state index in [9.17, 15) is 17.2 Å². The van der Waals surface area contributed by atoms with Crippen LogP contribution in [0.3, 0.4) is 0 Å². The standard InChI is InChI=1S/C18H24ClF2N5O2S2/c19-11-8-16(30(27,28)26-18-25-10-17(21)29-18)12(20)9-15(11)24-7-2-1-6-23-14-5-3-4-13(14)22/h8-10,13-14,23-24H,1-7,22H2,(H,25,26)/t13-,14-/m0/s1. The minimum absolute atomic E-state index is 0.0668. The molecule has 0 spiro atoms. The lowest BCUT2D eigenvalue weighted by Crippen LogP contribution is -2.41. The molecule has 1 aliphatic carbocycles. The molecule has 12 heteroatoms. The van der Waals surface area contributed by atoms with Crippen LogP contribution in [0.25, 0.3) is 0 Å². The second kappa shape index (κ2) is 10.2. The highest BCUT2D eigenvalue weighted by Crippen LogP contribution is 2.30. The molecule has 0 unspecified atom stereocenters. The Balaban J connectivity index is 1.51. The van der Waals surface area contributed by atoms with Gasteiger partial charge in [-0.15, -0.1) is 0 Å². The van der Waals surface area contributed by atoms with Gasteiger partial charge in [-0.2, -0.15) is 4.39 Å². The third-order valence-electron chi connectivity index (χ3n) is 4.91. The van der Waals surface area contributed by atoms with E-state index >= 15 is 0 Å². The van der Waals surface area contributed by atoms with Crippen molar-refractivity contribution in [3.63, 3.8) is 0 Å². The van der Waals surface area contributed by atoms with Crippen LogP contribution < -0.4 is 21.1 Å². The van der Waals surface area contributed by atoms with E-state index in [2.05, 4.69) is 15.6 Å². The number of benzene rings is 1. The van der Waals surface area contributed by atoms with Crippen LogP contribution in [0, 0.1) is 10.9 Å². The lowest BCUT2D eigenvalue weighted by atomic mass is 10.2. The Hall–Kier alpha value is -1.53. The molecule has 2 atom stereocenters. The zero-order chi connectivity index (χ0) is 21.7. The van der Waals surface area contributed by atoms with Crippen molar-refractivity contribution in [2.45, 2.75) is 49.1 Å². The van der Waals surface area contributed by atoms with Crippen LogP contribution in [0.5, 0.6) is 0 Å². The van der Waals surface area contributed by atoms with Crippen LogP contribution in [0.2, 0.25) is 5.02 Å². The van der Waals surface area contributed by atoms with Crippen molar-refractivity contribution in [3.05, 3.63) is 34.3 Å². The molecule has 5 N–H and O–H groups in total. The molecule has 1 aliphatic rings. The van der Waals surface area contributed by atoms with Gasteiger partial charge in [0.25, 0.3) is 10.0 Å². The summed E-state index contributed by atoms with van der Waals surface area (Å²) in [6, 6.07) is 2.67. The molecule has 30 heavy (non-hydrogen) atoms. The van der Waals surface area contributed by atoms with E-state index in [1.54, 1.807) is 0 Å². The molecule has 3 rings (SSSR count). The maximum atomic E-state index is 14.4. The number of anilines is 2. The number of aromatic nitrogens is 1. The fourth-order valence-electron chi connectivity index (χ4n) is 3.34. The van der Waals surface area contributed by atoms with Gasteiger partial charge in [-0.3, -0.25) is 4.72 Å². The number of rotatable bonds is 10. The van der Waals surface area contributed by atoms with Gasteiger partial charge in [0.1, 0.15) is 10.7 Å². The van der Waals surface area contributed by atoms with Crippen molar-refractivity contribution >= 4 is 43.8 Å². The summed E-state index contributed by atoms with van der Waals surface area (Å²) in [6.07, 6.45) is 5.94. The Morgan fingerprint density at radius 1 is 1.23 bits per heavy atom. The van der Waals surface area contributed by atoms with E-state index in [0.717, 1.165) is 57.0 Å². The number of nitrogens with zero attached hydrogens (tertiary/aromatic N) is 1. The van der Waals surface area contributed by atoms with Crippen molar-refractivity contribution in [2.75, 3.05) is 23.1 Å². The first-order valence-corrected chi connectivity index (χ1v) is 12.3. The summed E-state index contributed by atoms with van der Waals surface area (Å²) in [6.45, 7) is 1.41. The molecule has 0 saturated heterocycles. The van der Waals surface area contributed by atoms with Crippen LogP contribution in [0.4, 0.5) is 19.6 Å². The molecule has 0 aliphatic heterocycles. The summed E-state index contributed by atoms with van der Waals surface area (Å²) in [4.78, 5) is 2.93. The molecule has 1 heterocycles. The van der Waals surface area contributed by atoms with Crippen LogP contribution in [-0.4, -0.2) is 38.6 Å². The Kier molecular flexibility index (Phi) is 7.86. The Morgan fingerprint density at radius 3 is 2.67 bits per heavy atom. The van der Waals surface area contributed by atoms with Gasteiger partial charge in [-0.1, -0.05) is 29.4 Å². The third kappa shape index (κ3) is 6.01. The average Bonchev–Trinajstić information content (AvgIpc) is 3.27. The molecule has 1 aromatic carbocycles. The maximum absolute atomic E-state index is 14.4. The highest BCUT2D eigenvalue weighted by atomic mass is 35.5. The van der Waals surface area contributed by atoms with Crippen molar-refractivity contribution in [1.82, 2.24) is 10.3 Å². The van der Waals surface area contributed by atoms with Gasteiger partial charge in [0, 0.05) is 18.6 Å². The molecule has 1 aromatic heterocycles. The normalized spacial score (nSPS) is 19.2. The lowest BCUT2D eigenvalue weighted by molar-refractivity contribution is 0.468. The third-order valence-corrected chi connectivity index (χ3v) is 7.40. The van der Waals surface area contributed by atoms with E-state index in [1.807, 2.05) is 4.72 Å². The first-order chi connectivity index (χ1) is 14.3. The van der Waals surface area contributed by atoms with E-state index in [1.165, 1.54) is 0 Å². The predicted octanol–water partition coefficient (Wildman–Crippen LogP) is 3.54. The number of hydrogen-bond donors (Lipinski definition) is 4. The van der Waals surface area contributed by atoms with Gasteiger partial charge in [-0.25, -0.2) is 17.8 Å². The summed E-state index contributed by atoms with van der Waals surface area (Å²) >= 11 is 6.64. The van der Waals surface area contributed by atoms with Gasteiger partial charge in [0.05, 0.1) is 16.9 Å². The fraction of sp³-hybridized carbons (Fsp3) is 0.500. The van der Waals surface area contributed by atoms with E-state index in [-0.39, 0.29) is 16.2 Å². The molecular formula is C18H24ClF2N5O2S2. The first-order valence-electron chi connectivity index (χ1n) is 9.62. The highest BCUT2D eigenvalue weighted by Gasteiger charge is 2.24. The van der Waals surface area contributed by atoms with Crippen LogP contribution in [0.1, 0.15) is 32.1 Å². The quantitative estimate of drug-likeness (QED) is 0.388. The zero-order valence-corrected chi connectivity index (χ0v) is 18.5. The topological polar surface area (TPSA) is 109 Å². The van der Waals surface area contributed by atoms with E-state index < -0.39 is 25.9 Å². The second-order valence-corrected chi connectivity index (χ2v) is 10.2. The van der Waals surface area contributed by atoms with Gasteiger partial charge < -0.3 is 16.4 Å². The average molecular weight is 480 g/mol. The molecule has 2 aromatic rings. The minimum Gasteiger partial charge on any atom is -0.384 e. The Morgan fingerprint density at radius 2 is 2.00 bits per heavy atom. The Labute approximate surface area is 183 Å². The van der Waals surface area contributed by atoms with Crippen LogP contribution >= 0.6 is 22.9 Å². The van der Waals surface area contributed by atoms with E-state index in [0.29, 0.717) is 29.6 Å². The summed E-state index contributed by atoms with van der Waals surface area (Å²) in [7, 11) is -4.29. The number of nitrogens with two attached hydrogens (primary N) is 1. The monoisotopic (exact) mass is 479 g/mol. The number of thiazole rings is 1. The fourth-order valence-corrected chi connectivity index (χ4v) is 5.51. The largest absolute Gasteiger partial charge is 0.384 e. The maximum Gasteiger partial charge on any atom is 0.266 e. The summed E-state index contributed by atoms with van der Waals surface area (Å²) in [5.74, 6) is -0.969. The molecule has 0 radical (unpaired) electrons. The number of hydrogen-bond acceptors (Lipinski definition) is 7. The van der Waals surface area contributed by atoms with E-state index in [4.69, 9.17) is 17.3 Å². The smallest absolute Gasteiger partial charge is 0.266 e. The molecular weight excluding hydrogens is 456 g/mol. The van der Waals surface area contributed by atoms with Crippen LogP contribution in [-0.2, 0) is 10.0 Å². The molecule has 0 bridgehead atoms. The minimum atomic E-state index is -4.29. The number of unbranched alkanes of at least 4 members (excludes halogenated alkanes) is 1. The SMILES string of the molecule is N[C@H]1CCC[C@@H]1NCCCCNc1cc(F)c(S(=O)(=O)Nc2ncc(F)s2)cc1Cl. The van der Waals surface area contributed by atoms with Gasteiger partial charge in [-0.05, 0) is 44.4 Å². The van der Waals surface area contributed by atoms with Gasteiger partial charge in [0.15, 0.2) is 10.3 Å². The molecule has 1 fully saturated rings. The summed E-state index contributed by atoms with van der Waals surface area (Å²) in [5.41, 5.74) is 6.33. The van der Waals surface area contributed by atoms with Gasteiger partial charge >= 0.3 is 0 Å². The summed E-state index contributed by atoms with van der Waals surface area (Å²) < 4.78 is 54.2. The Bertz CT molecular complexity index is 973. The van der Waals surface area contributed by atoms with Crippen LogP contribution in [0.15, 0.2) is 23.2 Å². The van der Waals surface area contributed by atoms with Gasteiger partial charge in [0.2, 0.25) is 0 Å². The number of halogens is 3. The molecule has 0 amide bonds. The molecule has 7 nitrogen and oxygen atoms in total. The predicted molar refractivity (Wildman–Crippen MR) is 116 cm³/mol.